The summed E-state index contributed by atoms with van der Waals surface area (Å²) in [6.07, 6.45) is -4.17. The van der Waals surface area contributed by atoms with Crippen molar-refractivity contribution in [3.63, 3.8) is 0 Å². The highest BCUT2D eigenvalue weighted by Crippen LogP contribution is 2.35. The van der Waals surface area contributed by atoms with E-state index >= 15 is 0 Å². The lowest BCUT2D eigenvalue weighted by molar-refractivity contribution is -0.139. The van der Waals surface area contributed by atoms with E-state index in [-0.39, 0.29) is 13.1 Å². The molecule has 0 aliphatic carbocycles. The van der Waals surface area contributed by atoms with Crippen molar-refractivity contribution in [2.75, 3.05) is 18.4 Å². The third-order valence-corrected chi connectivity index (χ3v) is 4.93. The SMILES string of the molecule is CCCN(CCBr)S(=O)(=O)c1ccccc1C(F)(F)F. The van der Waals surface area contributed by atoms with Gasteiger partial charge in [0.1, 0.15) is 0 Å². The Hall–Kier alpha value is -0.600. The lowest BCUT2D eigenvalue weighted by Gasteiger charge is -2.22. The third kappa shape index (κ3) is 3.95. The van der Waals surface area contributed by atoms with Crippen molar-refractivity contribution in [1.82, 2.24) is 4.31 Å². The second kappa shape index (κ2) is 6.91. The van der Waals surface area contributed by atoms with Gasteiger partial charge < -0.3 is 0 Å². The lowest BCUT2D eigenvalue weighted by atomic mass is 10.2. The Morgan fingerprint density at radius 1 is 1.20 bits per heavy atom. The van der Waals surface area contributed by atoms with E-state index in [1.807, 2.05) is 0 Å². The van der Waals surface area contributed by atoms with Crippen LogP contribution < -0.4 is 0 Å². The van der Waals surface area contributed by atoms with Gasteiger partial charge in [-0.1, -0.05) is 35.0 Å². The lowest BCUT2D eigenvalue weighted by Crippen LogP contribution is -2.34. The van der Waals surface area contributed by atoms with E-state index in [0.29, 0.717) is 11.8 Å². The molecule has 0 saturated heterocycles. The summed E-state index contributed by atoms with van der Waals surface area (Å²) < 4.78 is 64.6. The summed E-state index contributed by atoms with van der Waals surface area (Å²) in [6.45, 7) is 2.08. The second-order valence-electron chi connectivity index (χ2n) is 4.09. The van der Waals surface area contributed by atoms with Gasteiger partial charge >= 0.3 is 6.18 Å². The van der Waals surface area contributed by atoms with Gasteiger partial charge in [0.25, 0.3) is 0 Å². The fourth-order valence-corrected chi connectivity index (χ4v) is 4.17. The number of hydrogen-bond donors (Lipinski definition) is 0. The number of alkyl halides is 4. The number of hydrogen-bond acceptors (Lipinski definition) is 2. The van der Waals surface area contributed by atoms with Gasteiger partial charge in [-0.2, -0.15) is 17.5 Å². The van der Waals surface area contributed by atoms with Gasteiger partial charge in [0.15, 0.2) is 0 Å². The van der Waals surface area contributed by atoms with Crippen LogP contribution in [0, 0.1) is 0 Å². The molecule has 0 heterocycles. The van der Waals surface area contributed by atoms with Crippen molar-refractivity contribution in [2.45, 2.75) is 24.4 Å². The largest absolute Gasteiger partial charge is 0.417 e. The normalized spacial score (nSPS) is 12.9. The molecule has 1 rings (SSSR count). The predicted molar refractivity (Wildman–Crippen MR) is 74.3 cm³/mol. The van der Waals surface area contributed by atoms with Crippen LogP contribution in [0.2, 0.25) is 0 Å². The van der Waals surface area contributed by atoms with Crippen molar-refractivity contribution < 1.29 is 21.6 Å². The van der Waals surface area contributed by atoms with E-state index in [2.05, 4.69) is 15.9 Å². The molecule has 0 N–H and O–H groups in total. The van der Waals surface area contributed by atoms with Crippen LogP contribution in [0.25, 0.3) is 0 Å². The van der Waals surface area contributed by atoms with Gasteiger partial charge in [0.05, 0.1) is 10.5 Å². The van der Waals surface area contributed by atoms with Gasteiger partial charge in [0.2, 0.25) is 10.0 Å². The van der Waals surface area contributed by atoms with Crippen LogP contribution in [0.5, 0.6) is 0 Å². The van der Waals surface area contributed by atoms with Crippen LogP contribution in [0.1, 0.15) is 18.9 Å². The predicted octanol–water partition coefficient (Wildman–Crippen LogP) is 3.50. The number of sulfonamides is 1. The summed E-state index contributed by atoms with van der Waals surface area (Å²) >= 11 is 3.11. The minimum atomic E-state index is -4.70. The van der Waals surface area contributed by atoms with Gasteiger partial charge in [-0.3, -0.25) is 0 Å². The third-order valence-electron chi connectivity index (χ3n) is 2.62. The van der Waals surface area contributed by atoms with Gasteiger partial charge in [-0.25, -0.2) is 8.42 Å². The summed E-state index contributed by atoms with van der Waals surface area (Å²) in [7, 11) is -4.16. The topological polar surface area (TPSA) is 37.4 Å². The van der Waals surface area contributed by atoms with Crippen LogP contribution >= 0.6 is 15.9 Å². The smallest absolute Gasteiger partial charge is 0.207 e. The number of nitrogens with zero attached hydrogens (tertiary/aromatic N) is 1. The average Bonchev–Trinajstić information content (AvgIpc) is 2.37. The molecule has 1 aromatic rings. The van der Waals surface area contributed by atoms with Gasteiger partial charge in [-0.15, -0.1) is 0 Å². The zero-order valence-electron chi connectivity index (χ0n) is 10.8. The maximum Gasteiger partial charge on any atom is 0.417 e. The van der Waals surface area contributed by atoms with Crippen LogP contribution in [-0.4, -0.2) is 31.1 Å². The molecule has 0 radical (unpaired) electrons. The number of benzene rings is 1. The second-order valence-corrected chi connectivity index (χ2v) is 6.79. The summed E-state index contributed by atoms with van der Waals surface area (Å²) in [5.41, 5.74) is -1.13. The first-order valence-electron chi connectivity index (χ1n) is 5.97. The van der Waals surface area contributed by atoms with Crippen molar-refractivity contribution in [3.05, 3.63) is 29.8 Å². The van der Waals surface area contributed by atoms with Crippen molar-refractivity contribution in [1.29, 1.82) is 0 Å². The average molecular weight is 374 g/mol. The van der Waals surface area contributed by atoms with E-state index in [1.165, 1.54) is 12.1 Å². The molecular weight excluding hydrogens is 359 g/mol. The summed E-state index contributed by atoms with van der Waals surface area (Å²) in [4.78, 5) is -0.693. The fraction of sp³-hybridized carbons (Fsp3) is 0.500. The molecule has 0 atom stereocenters. The molecule has 1 aromatic carbocycles. The van der Waals surface area contributed by atoms with Crippen molar-refractivity contribution >= 4 is 26.0 Å². The molecule has 0 bridgehead atoms. The minimum Gasteiger partial charge on any atom is -0.207 e. The number of halogens is 4. The molecule has 0 spiro atoms. The highest BCUT2D eigenvalue weighted by atomic mass is 79.9. The van der Waals surface area contributed by atoms with E-state index in [0.717, 1.165) is 16.4 Å². The van der Waals surface area contributed by atoms with Gasteiger partial charge in [0, 0.05) is 18.4 Å². The van der Waals surface area contributed by atoms with Crippen molar-refractivity contribution in [2.24, 2.45) is 0 Å². The van der Waals surface area contributed by atoms with Crippen LogP contribution in [0.3, 0.4) is 0 Å². The first-order valence-corrected chi connectivity index (χ1v) is 8.53. The number of rotatable bonds is 6. The molecule has 0 saturated carbocycles. The van der Waals surface area contributed by atoms with Crippen LogP contribution in [0.15, 0.2) is 29.2 Å². The fourth-order valence-electron chi connectivity index (χ4n) is 1.76. The molecule has 0 amide bonds. The first-order chi connectivity index (χ1) is 9.25. The maximum atomic E-state index is 12.9. The highest BCUT2D eigenvalue weighted by Gasteiger charge is 2.38. The Kier molecular flexibility index (Phi) is 6.03. The summed E-state index contributed by atoms with van der Waals surface area (Å²) in [6, 6.07) is 4.25. The van der Waals surface area contributed by atoms with Crippen LogP contribution in [0.4, 0.5) is 13.2 Å². The van der Waals surface area contributed by atoms with E-state index in [1.54, 1.807) is 6.92 Å². The maximum absolute atomic E-state index is 12.9. The Balaban J connectivity index is 3.34. The monoisotopic (exact) mass is 373 g/mol. The van der Waals surface area contributed by atoms with Crippen molar-refractivity contribution in [3.8, 4) is 0 Å². The molecule has 8 heteroatoms. The molecule has 3 nitrogen and oxygen atoms in total. The highest BCUT2D eigenvalue weighted by molar-refractivity contribution is 9.09. The molecule has 0 aromatic heterocycles. The Labute approximate surface area is 125 Å². The summed E-state index contributed by atoms with van der Waals surface area (Å²) in [5.74, 6) is 0. The first kappa shape index (κ1) is 17.5. The standard InChI is InChI=1S/C12H15BrF3NO2S/c1-2-8-17(9-7-13)20(18,19)11-6-4-3-5-10(11)12(14,15)16/h3-6H,2,7-9H2,1H3. The quantitative estimate of drug-likeness (QED) is 0.715. The zero-order valence-corrected chi connectivity index (χ0v) is 13.2. The van der Waals surface area contributed by atoms with E-state index in [4.69, 9.17) is 0 Å². The Morgan fingerprint density at radius 2 is 1.80 bits per heavy atom. The van der Waals surface area contributed by atoms with Gasteiger partial charge in [-0.05, 0) is 18.6 Å². The zero-order chi connectivity index (χ0) is 15.4. The molecular formula is C12H15BrF3NO2S. The van der Waals surface area contributed by atoms with Crippen LogP contribution in [-0.2, 0) is 16.2 Å². The molecule has 20 heavy (non-hydrogen) atoms. The Bertz CT molecular complexity index is 540. The molecule has 0 unspecified atom stereocenters. The molecule has 114 valence electrons. The summed E-state index contributed by atoms with van der Waals surface area (Å²) in [5, 5.41) is 0.362. The van der Waals surface area contributed by atoms with E-state index in [9.17, 15) is 21.6 Å². The molecule has 0 aliphatic heterocycles. The van der Waals surface area contributed by atoms with E-state index < -0.39 is 26.7 Å². The Morgan fingerprint density at radius 3 is 2.30 bits per heavy atom. The molecule has 0 aliphatic rings. The minimum absolute atomic E-state index is 0.127. The molecule has 0 fully saturated rings.